The Bertz CT molecular complexity index is 464. The van der Waals surface area contributed by atoms with Crippen LogP contribution in [0.2, 0.25) is 0 Å². The van der Waals surface area contributed by atoms with E-state index < -0.39 is 5.60 Å². The van der Waals surface area contributed by atoms with Gasteiger partial charge < -0.3 is 15.3 Å². The Labute approximate surface area is 151 Å². The van der Waals surface area contributed by atoms with E-state index in [9.17, 15) is 14.7 Å². The molecule has 2 heterocycles. The van der Waals surface area contributed by atoms with Crippen molar-refractivity contribution < 1.29 is 14.7 Å². The van der Waals surface area contributed by atoms with Crippen LogP contribution in [0.1, 0.15) is 40.0 Å². The van der Waals surface area contributed by atoms with Crippen molar-refractivity contribution in [3.63, 3.8) is 0 Å². The summed E-state index contributed by atoms with van der Waals surface area (Å²) in [6.07, 6.45) is 2.90. The smallest absolute Gasteiger partial charge is 0.236 e. The number of carbonyl (C=O) groups excluding carboxylic acids is 2. The van der Waals surface area contributed by atoms with E-state index in [1.54, 1.807) is 0 Å². The van der Waals surface area contributed by atoms with Gasteiger partial charge in [0.1, 0.15) is 0 Å². The molecule has 0 saturated carbocycles. The summed E-state index contributed by atoms with van der Waals surface area (Å²) in [6.45, 7) is 11.3. The Balaban J connectivity index is 1.79. The van der Waals surface area contributed by atoms with E-state index in [1.807, 2.05) is 18.7 Å². The fourth-order valence-corrected chi connectivity index (χ4v) is 3.79. The number of carbonyl (C=O) groups is 2. The van der Waals surface area contributed by atoms with Gasteiger partial charge in [-0.05, 0) is 46.2 Å². The highest BCUT2D eigenvalue weighted by Gasteiger charge is 2.26. The van der Waals surface area contributed by atoms with Gasteiger partial charge in [-0.25, -0.2) is 0 Å². The second kappa shape index (κ2) is 8.96. The summed E-state index contributed by atoms with van der Waals surface area (Å²) in [4.78, 5) is 30.3. The Hall–Kier alpha value is -1.18. The van der Waals surface area contributed by atoms with Crippen LogP contribution in [0, 0.1) is 0 Å². The van der Waals surface area contributed by atoms with Crippen molar-refractivity contribution in [1.82, 2.24) is 20.0 Å². The van der Waals surface area contributed by atoms with Gasteiger partial charge in [0.2, 0.25) is 11.8 Å². The number of nitrogens with zero attached hydrogens (tertiary/aromatic N) is 3. The van der Waals surface area contributed by atoms with E-state index in [0.29, 0.717) is 19.6 Å². The van der Waals surface area contributed by atoms with Gasteiger partial charge in [0.05, 0.1) is 12.1 Å². The van der Waals surface area contributed by atoms with Crippen LogP contribution < -0.4 is 5.32 Å². The largest absolute Gasteiger partial charge is 0.389 e. The zero-order valence-electron chi connectivity index (χ0n) is 16.0. The summed E-state index contributed by atoms with van der Waals surface area (Å²) < 4.78 is 0. The topological polar surface area (TPSA) is 76.1 Å². The Morgan fingerprint density at radius 2 is 1.76 bits per heavy atom. The standard InChI is InChI=1S/C18H34N4O3/c1-15(23)19-16-6-4-9-22(12-16)17(24)13-20-7-5-8-21(11-10-20)14-18(2,3)25/h16,25H,4-14H2,1-3H3,(H,19,23). The lowest BCUT2D eigenvalue weighted by Crippen LogP contribution is -2.51. The summed E-state index contributed by atoms with van der Waals surface area (Å²) in [7, 11) is 0. The number of nitrogens with one attached hydrogen (secondary N) is 1. The number of rotatable bonds is 5. The average molecular weight is 354 g/mol. The molecular weight excluding hydrogens is 320 g/mol. The van der Waals surface area contributed by atoms with Crippen LogP contribution in [0.4, 0.5) is 0 Å². The molecule has 2 N–H and O–H groups in total. The SMILES string of the molecule is CC(=O)NC1CCCN(C(=O)CN2CCCN(CC(C)(C)O)CC2)C1. The van der Waals surface area contributed by atoms with E-state index in [2.05, 4.69) is 15.1 Å². The molecular formula is C18H34N4O3. The first-order chi connectivity index (χ1) is 11.7. The van der Waals surface area contributed by atoms with Crippen LogP contribution in [0.5, 0.6) is 0 Å². The number of hydrogen-bond acceptors (Lipinski definition) is 5. The minimum atomic E-state index is -0.683. The maximum Gasteiger partial charge on any atom is 0.236 e. The van der Waals surface area contributed by atoms with Crippen LogP contribution in [-0.2, 0) is 9.59 Å². The number of likely N-dealkylation sites (tertiary alicyclic amines) is 1. The molecule has 2 fully saturated rings. The van der Waals surface area contributed by atoms with E-state index in [4.69, 9.17) is 0 Å². The molecule has 144 valence electrons. The fourth-order valence-electron chi connectivity index (χ4n) is 3.79. The van der Waals surface area contributed by atoms with Gasteiger partial charge in [-0.1, -0.05) is 0 Å². The van der Waals surface area contributed by atoms with Crippen molar-refractivity contribution in [3.8, 4) is 0 Å². The molecule has 1 unspecified atom stereocenters. The van der Waals surface area contributed by atoms with Gasteiger partial charge in [0.25, 0.3) is 0 Å². The van der Waals surface area contributed by atoms with Gasteiger partial charge in [-0.3, -0.25) is 19.4 Å². The van der Waals surface area contributed by atoms with Gasteiger partial charge in [0, 0.05) is 45.7 Å². The Kier molecular flexibility index (Phi) is 7.22. The van der Waals surface area contributed by atoms with Gasteiger partial charge in [-0.2, -0.15) is 0 Å². The summed E-state index contributed by atoms with van der Waals surface area (Å²) in [5, 5.41) is 12.9. The lowest BCUT2D eigenvalue weighted by molar-refractivity contribution is -0.134. The Morgan fingerprint density at radius 1 is 1.08 bits per heavy atom. The highest BCUT2D eigenvalue weighted by Crippen LogP contribution is 2.12. The summed E-state index contributed by atoms with van der Waals surface area (Å²) in [6, 6.07) is 0.0848. The minimum Gasteiger partial charge on any atom is -0.389 e. The fraction of sp³-hybridized carbons (Fsp3) is 0.889. The highest BCUT2D eigenvalue weighted by molar-refractivity contribution is 5.78. The molecule has 2 amide bonds. The van der Waals surface area contributed by atoms with Crippen LogP contribution >= 0.6 is 0 Å². The molecule has 7 nitrogen and oxygen atoms in total. The summed E-state index contributed by atoms with van der Waals surface area (Å²) in [5.41, 5.74) is -0.683. The molecule has 0 aromatic heterocycles. The first-order valence-electron chi connectivity index (χ1n) is 9.45. The van der Waals surface area contributed by atoms with Gasteiger partial charge in [-0.15, -0.1) is 0 Å². The molecule has 0 aromatic carbocycles. The van der Waals surface area contributed by atoms with Crippen LogP contribution in [0.15, 0.2) is 0 Å². The third kappa shape index (κ3) is 7.30. The van der Waals surface area contributed by atoms with Crippen molar-refractivity contribution in [2.75, 3.05) is 52.4 Å². The highest BCUT2D eigenvalue weighted by atomic mass is 16.3. The van der Waals surface area contributed by atoms with Crippen molar-refractivity contribution in [2.24, 2.45) is 0 Å². The Morgan fingerprint density at radius 3 is 2.44 bits per heavy atom. The monoisotopic (exact) mass is 354 g/mol. The maximum atomic E-state index is 12.6. The van der Waals surface area contributed by atoms with Crippen molar-refractivity contribution in [2.45, 2.75) is 51.7 Å². The first-order valence-corrected chi connectivity index (χ1v) is 9.45. The van der Waals surface area contributed by atoms with Crippen LogP contribution in [0.25, 0.3) is 0 Å². The molecule has 2 rings (SSSR count). The number of hydrogen-bond donors (Lipinski definition) is 2. The molecule has 0 bridgehead atoms. The van der Waals surface area contributed by atoms with Gasteiger partial charge >= 0.3 is 0 Å². The average Bonchev–Trinajstić information content (AvgIpc) is 2.70. The van der Waals surface area contributed by atoms with Crippen LogP contribution in [0.3, 0.4) is 0 Å². The lowest BCUT2D eigenvalue weighted by atomic mass is 10.1. The third-order valence-electron chi connectivity index (χ3n) is 4.83. The van der Waals surface area contributed by atoms with E-state index in [1.165, 1.54) is 6.92 Å². The van der Waals surface area contributed by atoms with E-state index in [0.717, 1.165) is 52.0 Å². The summed E-state index contributed by atoms with van der Waals surface area (Å²) >= 11 is 0. The first kappa shape index (κ1) is 20.1. The number of amides is 2. The van der Waals surface area contributed by atoms with Crippen molar-refractivity contribution >= 4 is 11.8 Å². The number of piperidine rings is 1. The van der Waals surface area contributed by atoms with Gasteiger partial charge in [0.15, 0.2) is 0 Å². The molecule has 0 radical (unpaired) electrons. The number of β-amino-alcohol motifs (C(OH)–C–C–N with tert-alkyl or cyclic N) is 1. The molecule has 1 atom stereocenters. The molecule has 2 aliphatic heterocycles. The van der Waals surface area contributed by atoms with Crippen molar-refractivity contribution in [3.05, 3.63) is 0 Å². The molecule has 0 spiro atoms. The third-order valence-corrected chi connectivity index (χ3v) is 4.83. The second-order valence-corrected chi connectivity index (χ2v) is 8.10. The molecule has 0 aliphatic carbocycles. The minimum absolute atomic E-state index is 0.0290. The molecule has 25 heavy (non-hydrogen) atoms. The zero-order chi connectivity index (χ0) is 18.4. The van der Waals surface area contributed by atoms with E-state index >= 15 is 0 Å². The maximum absolute atomic E-state index is 12.6. The van der Waals surface area contributed by atoms with Crippen molar-refractivity contribution in [1.29, 1.82) is 0 Å². The zero-order valence-corrected chi connectivity index (χ0v) is 16.0. The quantitative estimate of drug-likeness (QED) is 0.721. The van der Waals surface area contributed by atoms with E-state index in [-0.39, 0.29) is 17.9 Å². The molecule has 2 saturated heterocycles. The predicted octanol–water partition coefficient (Wildman–Crippen LogP) is -0.108. The lowest BCUT2D eigenvalue weighted by Gasteiger charge is -2.34. The molecule has 0 aromatic rings. The predicted molar refractivity (Wildman–Crippen MR) is 97.2 cm³/mol. The normalized spacial score (nSPS) is 24.0. The second-order valence-electron chi connectivity index (χ2n) is 8.10. The molecule has 2 aliphatic rings. The number of aliphatic hydroxyl groups is 1. The molecule has 7 heteroatoms. The summed E-state index contributed by atoms with van der Waals surface area (Å²) in [5.74, 6) is 0.129. The van der Waals surface area contributed by atoms with Crippen LogP contribution in [-0.4, -0.2) is 95.6 Å².